The third kappa shape index (κ3) is 3.77. The molecule has 66 valence electrons. The Morgan fingerprint density at radius 1 is 1.75 bits per heavy atom. The molecule has 0 radical (unpaired) electrons. The molecule has 1 unspecified atom stereocenters. The molecule has 0 fully saturated rings. The van der Waals surface area contributed by atoms with Crippen molar-refractivity contribution < 1.29 is 9.90 Å². The third-order valence-electron chi connectivity index (χ3n) is 1.55. The molecule has 0 bridgehead atoms. The van der Waals surface area contributed by atoms with E-state index in [4.69, 9.17) is 10.4 Å². The standard InChI is InChI=1S/C9H13NO2/c1-3-4-8(6-10)5-7(2)9(11)12/h5,8H,3-4H2,1-2H3,(H,11,12). The zero-order chi connectivity index (χ0) is 9.56. The van der Waals surface area contributed by atoms with Crippen LogP contribution >= 0.6 is 0 Å². The molecule has 0 aliphatic heterocycles. The Hall–Kier alpha value is -1.30. The van der Waals surface area contributed by atoms with Gasteiger partial charge in [-0.2, -0.15) is 5.26 Å². The van der Waals surface area contributed by atoms with Gasteiger partial charge in [-0.25, -0.2) is 4.79 Å². The maximum Gasteiger partial charge on any atom is 0.330 e. The highest BCUT2D eigenvalue weighted by Gasteiger charge is 2.06. The fourth-order valence-electron chi connectivity index (χ4n) is 0.869. The Balaban J connectivity index is 4.27. The van der Waals surface area contributed by atoms with Gasteiger partial charge in [0.2, 0.25) is 0 Å². The van der Waals surface area contributed by atoms with Gasteiger partial charge in [-0.1, -0.05) is 19.4 Å². The number of carboxylic acids is 1. The van der Waals surface area contributed by atoms with Gasteiger partial charge in [0.1, 0.15) is 0 Å². The van der Waals surface area contributed by atoms with Crippen molar-refractivity contribution in [1.82, 2.24) is 0 Å². The molecule has 0 aromatic rings. The first-order valence-electron chi connectivity index (χ1n) is 3.93. The summed E-state index contributed by atoms with van der Waals surface area (Å²) < 4.78 is 0. The summed E-state index contributed by atoms with van der Waals surface area (Å²) in [7, 11) is 0. The summed E-state index contributed by atoms with van der Waals surface area (Å²) in [6.45, 7) is 3.47. The van der Waals surface area contributed by atoms with E-state index >= 15 is 0 Å². The zero-order valence-electron chi connectivity index (χ0n) is 7.37. The van der Waals surface area contributed by atoms with Crippen molar-refractivity contribution in [3.8, 4) is 6.07 Å². The Bertz CT molecular complexity index is 225. The summed E-state index contributed by atoms with van der Waals surface area (Å²) in [5.74, 6) is -1.21. The van der Waals surface area contributed by atoms with Gasteiger partial charge < -0.3 is 5.11 Å². The van der Waals surface area contributed by atoms with Crippen LogP contribution in [0.4, 0.5) is 0 Å². The lowest BCUT2D eigenvalue weighted by atomic mass is 10.0. The first kappa shape index (κ1) is 10.7. The molecule has 0 saturated carbocycles. The van der Waals surface area contributed by atoms with Crippen molar-refractivity contribution in [2.24, 2.45) is 5.92 Å². The van der Waals surface area contributed by atoms with E-state index in [0.29, 0.717) is 0 Å². The highest BCUT2D eigenvalue weighted by Crippen LogP contribution is 2.09. The van der Waals surface area contributed by atoms with Gasteiger partial charge in [0.15, 0.2) is 0 Å². The second kappa shape index (κ2) is 5.36. The van der Waals surface area contributed by atoms with Crippen molar-refractivity contribution in [3.05, 3.63) is 11.6 Å². The van der Waals surface area contributed by atoms with Gasteiger partial charge in [-0.05, 0) is 13.3 Å². The fraction of sp³-hybridized carbons (Fsp3) is 0.556. The predicted octanol–water partition coefficient (Wildman–Crippen LogP) is 1.96. The number of carboxylic acid groups (broad SMARTS) is 1. The molecular weight excluding hydrogens is 154 g/mol. The molecule has 1 N–H and O–H groups in total. The lowest BCUT2D eigenvalue weighted by Gasteiger charge is -2.00. The first-order chi connectivity index (χ1) is 5.61. The minimum Gasteiger partial charge on any atom is -0.478 e. The van der Waals surface area contributed by atoms with Crippen molar-refractivity contribution in [1.29, 1.82) is 5.26 Å². The quantitative estimate of drug-likeness (QED) is 0.651. The molecule has 0 heterocycles. The van der Waals surface area contributed by atoms with Crippen molar-refractivity contribution in [2.75, 3.05) is 0 Å². The fourth-order valence-corrected chi connectivity index (χ4v) is 0.869. The number of aliphatic carboxylic acids is 1. The van der Waals surface area contributed by atoms with Gasteiger partial charge in [0.25, 0.3) is 0 Å². The number of nitriles is 1. The van der Waals surface area contributed by atoms with Crippen molar-refractivity contribution in [2.45, 2.75) is 26.7 Å². The highest BCUT2D eigenvalue weighted by molar-refractivity contribution is 5.85. The summed E-state index contributed by atoms with van der Waals surface area (Å²) >= 11 is 0. The first-order valence-corrected chi connectivity index (χ1v) is 3.93. The molecule has 0 saturated heterocycles. The molecule has 0 aromatic carbocycles. The largest absolute Gasteiger partial charge is 0.478 e. The Labute approximate surface area is 72.3 Å². The topological polar surface area (TPSA) is 61.1 Å². The Morgan fingerprint density at radius 3 is 2.67 bits per heavy atom. The van der Waals surface area contributed by atoms with Crippen LogP contribution < -0.4 is 0 Å². The van der Waals surface area contributed by atoms with Crippen LogP contribution in [-0.2, 0) is 4.79 Å². The van der Waals surface area contributed by atoms with Crippen LogP contribution in [0.15, 0.2) is 11.6 Å². The summed E-state index contributed by atoms with van der Waals surface area (Å²) in [6, 6.07) is 2.05. The smallest absolute Gasteiger partial charge is 0.330 e. The van der Waals surface area contributed by atoms with E-state index in [1.807, 2.05) is 13.0 Å². The van der Waals surface area contributed by atoms with Crippen LogP contribution in [0.2, 0.25) is 0 Å². The van der Waals surface area contributed by atoms with Crippen LogP contribution in [0.25, 0.3) is 0 Å². The maximum absolute atomic E-state index is 10.4. The van der Waals surface area contributed by atoms with Crippen LogP contribution in [0.5, 0.6) is 0 Å². The molecule has 3 nitrogen and oxygen atoms in total. The molecule has 0 aromatic heterocycles. The summed E-state index contributed by atoms with van der Waals surface area (Å²) in [4.78, 5) is 10.4. The minimum absolute atomic E-state index is 0.245. The number of hydrogen-bond donors (Lipinski definition) is 1. The summed E-state index contributed by atoms with van der Waals surface area (Å²) in [5.41, 5.74) is 0.245. The monoisotopic (exact) mass is 167 g/mol. The average Bonchev–Trinajstić information content (AvgIpc) is 2.03. The van der Waals surface area contributed by atoms with E-state index in [2.05, 4.69) is 0 Å². The van der Waals surface area contributed by atoms with E-state index in [9.17, 15) is 4.79 Å². The van der Waals surface area contributed by atoms with Gasteiger partial charge in [0.05, 0.1) is 12.0 Å². The molecule has 0 rings (SSSR count). The van der Waals surface area contributed by atoms with E-state index in [-0.39, 0.29) is 11.5 Å². The normalized spacial score (nSPS) is 13.6. The van der Waals surface area contributed by atoms with Crippen LogP contribution in [0.1, 0.15) is 26.7 Å². The Kier molecular flexibility index (Phi) is 4.78. The summed E-state index contributed by atoms with van der Waals surface area (Å²) in [5, 5.41) is 17.1. The number of nitrogens with zero attached hydrogens (tertiary/aromatic N) is 1. The highest BCUT2D eigenvalue weighted by atomic mass is 16.4. The molecule has 0 amide bonds. The van der Waals surface area contributed by atoms with Crippen LogP contribution in [0.3, 0.4) is 0 Å². The van der Waals surface area contributed by atoms with Crippen LogP contribution in [-0.4, -0.2) is 11.1 Å². The van der Waals surface area contributed by atoms with E-state index in [1.165, 1.54) is 13.0 Å². The summed E-state index contributed by atoms with van der Waals surface area (Å²) in [6.07, 6.45) is 3.12. The van der Waals surface area contributed by atoms with Gasteiger partial charge in [-0.3, -0.25) is 0 Å². The lowest BCUT2D eigenvalue weighted by molar-refractivity contribution is -0.132. The number of allylic oxidation sites excluding steroid dienone is 1. The molecular formula is C9H13NO2. The number of rotatable bonds is 4. The lowest BCUT2D eigenvalue weighted by Crippen LogP contribution is -2.00. The average molecular weight is 167 g/mol. The molecule has 3 heteroatoms. The molecule has 0 spiro atoms. The minimum atomic E-state index is -0.952. The molecule has 0 aliphatic rings. The number of hydrogen-bond acceptors (Lipinski definition) is 2. The van der Waals surface area contributed by atoms with Crippen LogP contribution in [0, 0.1) is 17.2 Å². The Morgan fingerprint density at radius 2 is 2.33 bits per heavy atom. The molecule has 1 atom stereocenters. The molecule has 12 heavy (non-hydrogen) atoms. The van der Waals surface area contributed by atoms with Gasteiger partial charge in [-0.15, -0.1) is 0 Å². The van der Waals surface area contributed by atoms with E-state index in [1.54, 1.807) is 0 Å². The SMILES string of the molecule is CCCC(C#N)C=C(C)C(=O)O. The maximum atomic E-state index is 10.4. The van der Waals surface area contributed by atoms with E-state index < -0.39 is 5.97 Å². The van der Waals surface area contributed by atoms with Crippen molar-refractivity contribution >= 4 is 5.97 Å². The number of carbonyl (C=O) groups is 1. The predicted molar refractivity (Wildman–Crippen MR) is 45.4 cm³/mol. The molecule has 0 aliphatic carbocycles. The zero-order valence-corrected chi connectivity index (χ0v) is 7.37. The van der Waals surface area contributed by atoms with Crippen molar-refractivity contribution in [3.63, 3.8) is 0 Å². The second-order valence-corrected chi connectivity index (χ2v) is 2.68. The van der Waals surface area contributed by atoms with Gasteiger partial charge in [0, 0.05) is 5.57 Å². The second-order valence-electron chi connectivity index (χ2n) is 2.68. The third-order valence-corrected chi connectivity index (χ3v) is 1.55. The van der Waals surface area contributed by atoms with E-state index in [0.717, 1.165) is 12.8 Å². The van der Waals surface area contributed by atoms with Gasteiger partial charge >= 0.3 is 5.97 Å².